The Morgan fingerprint density at radius 1 is 0.879 bits per heavy atom. The van der Waals surface area contributed by atoms with Crippen LogP contribution >= 0.6 is 11.6 Å². The summed E-state index contributed by atoms with van der Waals surface area (Å²) >= 11 is 5.90. The minimum Gasteiger partial charge on any atom is -0.338 e. The van der Waals surface area contributed by atoms with E-state index in [-0.39, 0.29) is 17.7 Å². The fourth-order valence-corrected chi connectivity index (χ4v) is 4.29. The standard InChI is InChI=1S/C26H23ClN4O2/c27-19-8-12-21(13-9-19)29-26(33)18-7-14-22-23(15-18)31-24(30-22)16-5-10-20(11-6-16)28-25(32)17-3-1-2-4-17/h5-15,17H,1-4H2,(H,28,32)(H,29,33)(H,30,31). The summed E-state index contributed by atoms with van der Waals surface area (Å²) in [5.41, 5.74) is 4.41. The van der Waals surface area contributed by atoms with E-state index >= 15 is 0 Å². The molecule has 7 heteroatoms. The molecule has 33 heavy (non-hydrogen) atoms. The molecule has 4 aromatic rings. The fraction of sp³-hybridized carbons (Fsp3) is 0.192. The maximum absolute atomic E-state index is 12.6. The number of benzene rings is 3. The molecule has 1 aromatic heterocycles. The number of anilines is 2. The summed E-state index contributed by atoms with van der Waals surface area (Å²) in [7, 11) is 0. The van der Waals surface area contributed by atoms with Gasteiger partial charge in [0.1, 0.15) is 5.82 Å². The molecule has 0 bridgehead atoms. The second-order valence-electron chi connectivity index (χ2n) is 8.33. The Balaban J connectivity index is 1.30. The summed E-state index contributed by atoms with van der Waals surface area (Å²) in [5, 5.41) is 6.48. The smallest absolute Gasteiger partial charge is 0.255 e. The van der Waals surface area contributed by atoms with Crippen molar-refractivity contribution in [2.24, 2.45) is 5.92 Å². The molecule has 1 aliphatic rings. The molecule has 5 rings (SSSR count). The molecule has 0 unspecified atom stereocenters. The van der Waals surface area contributed by atoms with E-state index in [1.807, 2.05) is 30.3 Å². The molecule has 166 valence electrons. The minimum absolute atomic E-state index is 0.105. The number of halogens is 1. The van der Waals surface area contributed by atoms with Gasteiger partial charge in [0, 0.05) is 33.4 Å². The van der Waals surface area contributed by atoms with Gasteiger partial charge in [0.2, 0.25) is 5.91 Å². The predicted octanol–water partition coefficient (Wildman–Crippen LogP) is 6.26. The number of hydrogen-bond acceptors (Lipinski definition) is 3. The van der Waals surface area contributed by atoms with Crippen molar-refractivity contribution >= 4 is 45.8 Å². The Morgan fingerprint density at radius 2 is 1.55 bits per heavy atom. The lowest BCUT2D eigenvalue weighted by Gasteiger charge is -2.10. The maximum Gasteiger partial charge on any atom is 0.255 e. The van der Waals surface area contributed by atoms with E-state index in [4.69, 9.17) is 11.6 Å². The highest BCUT2D eigenvalue weighted by Gasteiger charge is 2.22. The third-order valence-electron chi connectivity index (χ3n) is 6.00. The highest BCUT2D eigenvalue weighted by molar-refractivity contribution is 6.30. The van der Waals surface area contributed by atoms with E-state index in [2.05, 4.69) is 20.6 Å². The number of H-pyrrole nitrogens is 1. The van der Waals surface area contributed by atoms with Crippen LogP contribution in [0.2, 0.25) is 5.02 Å². The van der Waals surface area contributed by atoms with Gasteiger partial charge in [0.05, 0.1) is 11.0 Å². The minimum atomic E-state index is -0.217. The lowest BCUT2D eigenvalue weighted by Crippen LogP contribution is -2.20. The summed E-state index contributed by atoms with van der Waals surface area (Å²) in [6.45, 7) is 0. The molecule has 0 atom stereocenters. The number of nitrogens with zero attached hydrogens (tertiary/aromatic N) is 1. The number of carbonyl (C=O) groups is 2. The largest absolute Gasteiger partial charge is 0.338 e. The second-order valence-corrected chi connectivity index (χ2v) is 8.76. The molecular formula is C26H23ClN4O2. The first-order valence-corrected chi connectivity index (χ1v) is 11.4. The monoisotopic (exact) mass is 458 g/mol. The van der Waals surface area contributed by atoms with Crippen molar-refractivity contribution < 1.29 is 9.59 Å². The van der Waals surface area contributed by atoms with E-state index in [0.29, 0.717) is 27.6 Å². The van der Waals surface area contributed by atoms with Crippen LogP contribution in [0, 0.1) is 5.92 Å². The van der Waals surface area contributed by atoms with Gasteiger partial charge in [-0.2, -0.15) is 0 Å². The van der Waals surface area contributed by atoms with Crippen molar-refractivity contribution in [1.82, 2.24) is 9.97 Å². The van der Waals surface area contributed by atoms with Crippen LogP contribution in [0.4, 0.5) is 11.4 Å². The maximum atomic E-state index is 12.6. The highest BCUT2D eigenvalue weighted by Crippen LogP contribution is 2.27. The third kappa shape index (κ3) is 4.76. The summed E-state index contributed by atoms with van der Waals surface area (Å²) in [6, 6.07) is 20.0. The molecular weight excluding hydrogens is 436 g/mol. The van der Waals surface area contributed by atoms with Gasteiger partial charge < -0.3 is 15.6 Å². The Hall–Kier alpha value is -3.64. The summed E-state index contributed by atoms with van der Waals surface area (Å²) in [4.78, 5) is 32.9. The molecule has 0 aliphatic heterocycles. The van der Waals surface area contributed by atoms with Crippen LogP contribution < -0.4 is 10.6 Å². The number of aromatic amines is 1. The Morgan fingerprint density at radius 3 is 2.27 bits per heavy atom. The average molecular weight is 459 g/mol. The summed E-state index contributed by atoms with van der Waals surface area (Å²) < 4.78 is 0. The number of amides is 2. The van der Waals surface area contributed by atoms with Gasteiger partial charge in [0.15, 0.2) is 0 Å². The zero-order valence-corrected chi connectivity index (χ0v) is 18.7. The number of imidazole rings is 1. The number of aromatic nitrogens is 2. The van der Waals surface area contributed by atoms with Crippen molar-refractivity contribution in [3.63, 3.8) is 0 Å². The molecule has 1 aliphatic carbocycles. The van der Waals surface area contributed by atoms with Gasteiger partial charge in [-0.05, 0) is 79.6 Å². The number of rotatable bonds is 5. The quantitative estimate of drug-likeness (QED) is 0.329. The van der Waals surface area contributed by atoms with Crippen LogP contribution in [-0.2, 0) is 4.79 Å². The first-order chi connectivity index (χ1) is 16.0. The Kier molecular flexibility index (Phi) is 5.84. The van der Waals surface area contributed by atoms with Crippen molar-refractivity contribution in [1.29, 1.82) is 0 Å². The van der Waals surface area contributed by atoms with Crippen molar-refractivity contribution in [2.75, 3.05) is 10.6 Å². The molecule has 6 nitrogen and oxygen atoms in total. The van der Waals surface area contributed by atoms with Crippen LogP contribution in [0.25, 0.3) is 22.4 Å². The number of carbonyl (C=O) groups excluding carboxylic acids is 2. The molecule has 1 saturated carbocycles. The zero-order valence-electron chi connectivity index (χ0n) is 17.9. The second kappa shape index (κ2) is 9.08. The van der Waals surface area contributed by atoms with Crippen LogP contribution in [0.1, 0.15) is 36.0 Å². The van der Waals surface area contributed by atoms with E-state index < -0.39 is 0 Å². The average Bonchev–Trinajstić information content (AvgIpc) is 3.51. The topological polar surface area (TPSA) is 86.9 Å². The molecule has 3 aromatic carbocycles. The summed E-state index contributed by atoms with van der Waals surface area (Å²) in [6.07, 6.45) is 4.21. The van der Waals surface area contributed by atoms with Crippen molar-refractivity contribution in [2.45, 2.75) is 25.7 Å². The van der Waals surface area contributed by atoms with Gasteiger partial charge in [-0.15, -0.1) is 0 Å². The molecule has 3 N–H and O–H groups in total. The highest BCUT2D eigenvalue weighted by atomic mass is 35.5. The van der Waals surface area contributed by atoms with Gasteiger partial charge in [-0.1, -0.05) is 24.4 Å². The van der Waals surface area contributed by atoms with Crippen LogP contribution in [0.3, 0.4) is 0 Å². The van der Waals surface area contributed by atoms with Crippen LogP contribution in [0.5, 0.6) is 0 Å². The zero-order chi connectivity index (χ0) is 22.8. The Bertz CT molecular complexity index is 1310. The van der Waals surface area contributed by atoms with Gasteiger partial charge in [-0.3, -0.25) is 9.59 Å². The predicted molar refractivity (Wildman–Crippen MR) is 132 cm³/mol. The molecule has 1 heterocycles. The number of fused-ring (bicyclic) bond motifs is 1. The van der Waals surface area contributed by atoms with E-state index in [0.717, 1.165) is 42.5 Å². The normalized spacial score (nSPS) is 13.8. The molecule has 0 radical (unpaired) electrons. The van der Waals surface area contributed by atoms with Gasteiger partial charge in [-0.25, -0.2) is 4.98 Å². The fourth-order valence-electron chi connectivity index (χ4n) is 4.16. The van der Waals surface area contributed by atoms with E-state index in [1.165, 1.54) is 0 Å². The van der Waals surface area contributed by atoms with E-state index in [1.54, 1.807) is 36.4 Å². The van der Waals surface area contributed by atoms with Crippen molar-refractivity contribution in [3.05, 3.63) is 77.3 Å². The Labute approximate surface area is 196 Å². The van der Waals surface area contributed by atoms with Gasteiger partial charge >= 0.3 is 0 Å². The number of hydrogen-bond donors (Lipinski definition) is 3. The first kappa shape index (κ1) is 21.2. The lowest BCUT2D eigenvalue weighted by molar-refractivity contribution is -0.119. The van der Waals surface area contributed by atoms with E-state index in [9.17, 15) is 9.59 Å². The summed E-state index contributed by atoms with van der Waals surface area (Å²) in [5.74, 6) is 0.722. The third-order valence-corrected chi connectivity index (χ3v) is 6.25. The first-order valence-electron chi connectivity index (χ1n) is 11.0. The van der Waals surface area contributed by atoms with Crippen LogP contribution in [0.15, 0.2) is 66.7 Å². The van der Waals surface area contributed by atoms with Crippen molar-refractivity contribution in [3.8, 4) is 11.4 Å². The van der Waals surface area contributed by atoms with Gasteiger partial charge in [0.25, 0.3) is 5.91 Å². The lowest BCUT2D eigenvalue weighted by atomic mass is 10.1. The molecule has 0 spiro atoms. The molecule has 1 fully saturated rings. The molecule has 0 saturated heterocycles. The number of nitrogens with one attached hydrogen (secondary N) is 3. The molecule has 2 amide bonds. The SMILES string of the molecule is O=C(Nc1ccc(Cl)cc1)c1ccc2[nH]c(-c3ccc(NC(=O)C4CCCC4)cc3)nc2c1. The van der Waals surface area contributed by atoms with Crippen LogP contribution in [-0.4, -0.2) is 21.8 Å².